The Bertz CT molecular complexity index is 956. The van der Waals surface area contributed by atoms with Gasteiger partial charge in [0.05, 0.1) is 24.9 Å². The summed E-state index contributed by atoms with van der Waals surface area (Å²) in [5, 5.41) is 21.5. The van der Waals surface area contributed by atoms with Crippen LogP contribution in [0, 0.1) is 0 Å². The van der Waals surface area contributed by atoms with Gasteiger partial charge in [-0.1, -0.05) is 23.3 Å². The smallest absolute Gasteiger partial charge is 0.342 e. The number of carbonyl (C=O) groups is 2. The van der Waals surface area contributed by atoms with E-state index in [1.165, 1.54) is 17.2 Å². The molecular formula is C27H38O7. The number of benzene rings is 1. The van der Waals surface area contributed by atoms with Crippen LogP contribution in [0.15, 0.2) is 29.4 Å². The van der Waals surface area contributed by atoms with Crippen molar-refractivity contribution in [2.75, 3.05) is 13.2 Å². The summed E-state index contributed by atoms with van der Waals surface area (Å²) < 4.78 is 16.5. The second-order valence-electron chi connectivity index (χ2n) is 9.11. The molecule has 2 rings (SSSR count). The lowest BCUT2D eigenvalue weighted by atomic mass is 9.83. The van der Waals surface area contributed by atoms with Gasteiger partial charge in [0.2, 0.25) is 0 Å². The highest BCUT2D eigenvalue weighted by atomic mass is 16.5. The monoisotopic (exact) mass is 474 g/mol. The molecule has 7 heteroatoms. The Morgan fingerprint density at radius 2 is 1.76 bits per heavy atom. The van der Waals surface area contributed by atoms with E-state index in [0.717, 1.165) is 12.8 Å². The number of allylic oxidation sites excluding steroid dienone is 4. The van der Waals surface area contributed by atoms with Crippen LogP contribution in [-0.2, 0) is 15.9 Å². The molecule has 1 heterocycles. The fourth-order valence-electron chi connectivity index (χ4n) is 3.99. The van der Waals surface area contributed by atoms with Crippen LogP contribution in [0.2, 0.25) is 0 Å². The first-order valence-electron chi connectivity index (χ1n) is 11.9. The summed E-state index contributed by atoms with van der Waals surface area (Å²) in [6.07, 6.45) is 6.60. The summed E-state index contributed by atoms with van der Waals surface area (Å²) in [7, 11) is 0. The van der Waals surface area contributed by atoms with Crippen molar-refractivity contribution in [2.45, 2.75) is 85.4 Å². The van der Waals surface area contributed by atoms with Crippen molar-refractivity contribution in [3.05, 3.63) is 46.1 Å². The Morgan fingerprint density at radius 3 is 2.38 bits per heavy atom. The zero-order valence-corrected chi connectivity index (χ0v) is 21.2. The summed E-state index contributed by atoms with van der Waals surface area (Å²) in [6, 6.07) is 1.18. The van der Waals surface area contributed by atoms with E-state index in [1.54, 1.807) is 20.8 Å². The molecule has 1 aromatic carbocycles. The fourth-order valence-corrected chi connectivity index (χ4v) is 3.99. The molecule has 0 saturated heterocycles. The molecule has 2 atom stereocenters. The molecule has 0 radical (unpaired) electrons. The Hall–Kier alpha value is -2.80. The molecule has 0 amide bonds. The maximum absolute atomic E-state index is 12.8. The molecule has 1 aromatic rings. The van der Waals surface area contributed by atoms with Crippen molar-refractivity contribution in [1.29, 1.82) is 0 Å². The number of ether oxygens (including phenoxy) is 3. The van der Waals surface area contributed by atoms with Crippen LogP contribution in [0.5, 0.6) is 11.5 Å². The highest BCUT2D eigenvalue weighted by molar-refractivity contribution is 6.06. The van der Waals surface area contributed by atoms with Gasteiger partial charge in [-0.05, 0) is 73.3 Å². The average Bonchev–Trinajstić information content (AvgIpc) is 2.75. The maximum Gasteiger partial charge on any atom is 0.342 e. The van der Waals surface area contributed by atoms with E-state index in [0.29, 0.717) is 12.8 Å². The SMILES string of the molecule is CCOC(=O)c1cc(O)c2c(c1C(=O)OCC)OC(C)(CC/C=C(\C)CCC=C(C)C)C(O)C2. The van der Waals surface area contributed by atoms with Crippen LogP contribution in [0.4, 0.5) is 0 Å². The van der Waals surface area contributed by atoms with Crippen LogP contribution in [0.25, 0.3) is 0 Å². The fraction of sp³-hybridized carbons (Fsp3) is 0.556. The van der Waals surface area contributed by atoms with Gasteiger partial charge in [-0.25, -0.2) is 9.59 Å². The number of aliphatic hydroxyl groups excluding tert-OH is 1. The first-order chi connectivity index (χ1) is 16.0. The predicted molar refractivity (Wildman–Crippen MR) is 130 cm³/mol. The Labute approximate surface area is 202 Å². The van der Waals surface area contributed by atoms with Crippen molar-refractivity contribution in [3.63, 3.8) is 0 Å². The zero-order valence-electron chi connectivity index (χ0n) is 21.2. The summed E-state index contributed by atoms with van der Waals surface area (Å²) in [4.78, 5) is 25.4. The van der Waals surface area contributed by atoms with E-state index in [4.69, 9.17) is 14.2 Å². The van der Waals surface area contributed by atoms with Crippen LogP contribution in [0.1, 0.15) is 93.5 Å². The molecule has 0 fully saturated rings. The quantitative estimate of drug-likeness (QED) is 0.352. The third-order valence-corrected chi connectivity index (χ3v) is 6.00. The molecular weight excluding hydrogens is 436 g/mol. The van der Waals surface area contributed by atoms with Gasteiger partial charge in [0.15, 0.2) is 0 Å². The first-order valence-corrected chi connectivity index (χ1v) is 11.9. The minimum absolute atomic E-state index is 0.0681. The molecule has 1 aliphatic rings. The van der Waals surface area contributed by atoms with Gasteiger partial charge in [-0.15, -0.1) is 0 Å². The summed E-state index contributed by atoms with van der Waals surface area (Å²) in [6.45, 7) is 11.5. The molecule has 0 aliphatic carbocycles. The number of esters is 2. The van der Waals surface area contributed by atoms with Crippen LogP contribution < -0.4 is 4.74 Å². The molecule has 188 valence electrons. The van der Waals surface area contributed by atoms with Gasteiger partial charge in [0.25, 0.3) is 0 Å². The van der Waals surface area contributed by atoms with Gasteiger partial charge in [0, 0.05) is 12.0 Å². The van der Waals surface area contributed by atoms with E-state index in [2.05, 4.69) is 32.9 Å². The lowest BCUT2D eigenvalue weighted by Gasteiger charge is -2.41. The number of aliphatic hydroxyl groups is 1. The minimum Gasteiger partial charge on any atom is -0.508 e. The molecule has 0 bridgehead atoms. The minimum atomic E-state index is -1.02. The van der Waals surface area contributed by atoms with E-state index in [-0.39, 0.29) is 47.8 Å². The largest absolute Gasteiger partial charge is 0.508 e. The molecule has 1 aliphatic heterocycles. The van der Waals surface area contributed by atoms with E-state index >= 15 is 0 Å². The number of phenolic OH excluding ortho intramolecular Hbond substituents is 1. The summed E-state index contributed by atoms with van der Waals surface area (Å²) in [5.41, 5.74) is 1.59. The number of hydrogen-bond donors (Lipinski definition) is 2. The second kappa shape index (κ2) is 12.1. The third-order valence-electron chi connectivity index (χ3n) is 6.00. The van der Waals surface area contributed by atoms with Crippen molar-refractivity contribution >= 4 is 11.9 Å². The number of rotatable bonds is 10. The van der Waals surface area contributed by atoms with E-state index < -0.39 is 23.6 Å². The molecule has 0 saturated carbocycles. The van der Waals surface area contributed by atoms with Crippen molar-refractivity contribution in [1.82, 2.24) is 0 Å². The van der Waals surface area contributed by atoms with E-state index in [9.17, 15) is 19.8 Å². The van der Waals surface area contributed by atoms with Gasteiger partial charge in [0.1, 0.15) is 22.7 Å². The van der Waals surface area contributed by atoms with Gasteiger partial charge in [-0.3, -0.25) is 0 Å². The maximum atomic E-state index is 12.8. The Balaban J connectivity index is 2.37. The third kappa shape index (κ3) is 6.63. The number of phenols is 1. The summed E-state index contributed by atoms with van der Waals surface area (Å²) >= 11 is 0. The molecule has 0 aromatic heterocycles. The number of hydrogen-bond acceptors (Lipinski definition) is 7. The molecule has 2 N–H and O–H groups in total. The molecule has 0 spiro atoms. The predicted octanol–water partition coefficient (Wildman–Crippen LogP) is 5.27. The summed E-state index contributed by atoms with van der Waals surface area (Å²) in [5.74, 6) is -1.66. The molecule has 2 unspecified atom stereocenters. The Kier molecular flexibility index (Phi) is 9.74. The van der Waals surface area contributed by atoms with Crippen molar-refractivity contribution < 1.29 is 34.0 Å². The number of fused-ring (bicyclic) bond motifs is 1. The van der Waals surface area contributed by atoms with Crippen LogP contribution in [-0.4, -0.2) is 47.1 Å². The average molecular weight is 475 g/mol. The Morgan fingerprint density at radius 1 is 1.12 bits per heavy atom. The van der Waals surface area contributed by atoms with Crippen molar-refractivity contribution in [2.24, 2.45) is 0 Å². The molecule has 7 nitrogen and oxygen atoms in total. The topological polar surface area (TPSA) is 102 Å². The lowest BCUT2D eigenvalue weighted by molar-refractivity contribution is -0.0599. The number of carbonyl (C=O) groups excluding carboxylic acids is 2. The standard InChI is InChI=1S/C27H38O7/c1-7-32-25(30)20-15-21(28)19-16-22(29)27(6,34-24(19)23(20)26(31)33-8-2)14-10-13-18(5)12-9-11-17(3)4/h11,13,15,22,28-29H,7-10,12,14,16H2,1-6H3/b18-13+. The van der Waals surface area contributed by atoms with Crippen LogP contribution in [0.3, 0.4) is 0 Å². The second-order valence-corrected chi connectivity index (χ2v) is 9.11. The van der Waals surface area contributed by atoms with Gasteiger partial charge in [-0.2, -0.15) is 0 Å². The highest BCUT2D eigenvalue weighted by Gasteiger charge is 2.43. The van der Waals surface area contributed by atoms with Crippen molar-refractivity contribution in [3.8, 4) is 11.5 Å². The van der Waals surface area contributed by atoms with E-state index in [1.807, 2.05) is 0 Å². The zero-order chi connectivity index (χ0) is 25.5. The molecule has 34 heavy (non-hydrogen) atoms. The lowest BCUT2D eigenvalue weighted by Crippen LogP contribution is -2.49. The van der Waals surface area contributed by atoms with Gasteiger partial charge < -0.3 is 24.4 Å². The first kappa shape index (κ1) is 27.4. The number of aromatic hydroxyl groups is 1. The van der Waals surface area contributed by atoms with Crippen LogP contribution >= 0.6 is 0 Å². The highest BCUT2D eigenvalue weighted by Crippen LogP contribution is 2.44. The normalized spacial score (nSPS) is 19.6. The van der Waals surface area contributed by atoms with Gasteiger partial charge >= 0.3 is 11.9 Å².